The second-order valence-corrected chi connectivity index (χ2v) is 5.92. The molecule has 0 spiro atoms. The lowest BCUT2D eigenvalue weighted by atomic mass is 10.1. The third-order valence-corrected chi connectivity index (χ3v) is 3.98. The maximum atomic E-state index is 11.7. The van der Waals surface area contributed by atoms with Crippen molar-refractivity contribution in [2.24, 2.45) is 0 Å². The number of hydrogen-bond donors (Lipinski definition) is 1. The van der Waals surface area contributed by atoms with Crippen molar-refractivity contribution in [3.63, 3.8) is 0 Å². The first-order valence-electron chi connectivity index (χ1n) is 7.07. The predicted octanol–water partition coefficient (Wildman–Crippen LogP) is 3.11. The Morgan fingerprint density at radius 1 is 1.36 bits per heavy atom. The summed E-state index contributed by atoms with van der Waals surface area (Å²) in [7, 11) is 3.28. The van der Waals surface area contributed by atoms with Crippen molar-refractivity contribution in [1.29, 1.82) is 0 Å². The Bertz CT molecular complexity index is 613. The van der Waals surface area contributed by atoms with E-state index in [0.29, 0.717) is 24.6 Å². The fourth-order valence-electron chi connectivity index (χ4n) is 1.99. The molecule has 0 fully saturated rings. The quantitative estimate of drug-likeness (QED) is 0.759. The number of anilines is 1. The molecule has 22 heavy (non-hydrogen) atoms. The molecule has 0 aliphatic heterocycles. The summed E-state index contributed by atoms with van der Waals surface area (Å²) in [6.45, 7) is 0.590. The molecule has 1 aromatic carbocycles. The van der Waals surface area contributed by atoms with Gasteiger partial charge in [0.1, 0.15) is 5.75 Å². The van der Waals surface area contributed by atoms with Crippen LogP contribution in [0.5, 0.6) is 5.75 Å². The molecule has 1 heterocycles. The molecule has 1 N–H and O–H groups in total. The Hall–Kier alpha value is -1.92. The number of carbonyl (C=O) groups is 1. The molecule has 0 bridgehead atoms. The minimum Gasteiger partial charge on any atom is -0.497 e. The molecule has 6 heteroatoms. The van der Waals surface area contributed by atoms with E-state index >= 15 is 0 Å². The van der Waals surface area contributed by atoms with Gasteiger partial charge in [0, 0.05) is 37.6 Å². The van der Waals surface area contributed by atoms with E-state index in [4.69, 9.17) is 9.47 Å². The first-order valence-corrected chi connectivity index (χ1v) is 7.89. The molecule has 0 radical (unpaired) electrons. The summed E-state index contributed by atoms with van der Waals surface area (Å²) in [4.78, 5) is 17.1. The Labute approximate surface area is 134 Å². The minimum atomic E-state index is -0.0284. The number of methoxy groups -OCH3 is 2. The summed E-state index contributed by atoms with van der Waals surface area (Å²) in [6.07, 6.45) is 3.73. The van der Waals surface area contributed by atoms with Crippen LogP contribution in [0, 0.1) is 0 Å². The van der Waals surface area contributed by atoms with Gasteiger partial charge in [-0.1, -0.05) is 12.1 Å². The van der Waals surface area contributed by atoms with Crippen molar-refractivity contribution in [2.45, 2.75) is 19.3 Å². The van der Waals surface area contributed by atoms with Crippen molar-refractivity contribution >= 4 is 22.4 Å². The van der Waals surface area contributed by atoms with Crippen LogP contribution in [-0.2, 0) is 16.0 Å². The molecule has 5 nitrogen and oxygen atoms in total. The summed E-state index contributed by atoms with van der Waals surface area (Å²) in [6, 6.07) is 7.93. The first-order chi connectivity index (χ1) is 10.7. The van der Waals surface area contributed by atoms with Gasteiger partial charge in [-0.2, -0.15) is 0 Å². The number of rotatable bonds is 8. The number of thiazole rings is 1. The molecule has 1 amide bonds. The maximum Gasteiger partial charge on any atom is 0.226 e. The zero-order chi connectivity index (χ0) is 15.8. The van der Waals surface area contributed by atoms with E-state index in [1.165, 1.54) is 11.3 Å². The lowest BCUT2D eigenvalue weighted by molar-refractivity contribution is -0.116. The van der Waals surface area contributed by atoms with Crippen molar-refractivity contribution in [3.05, 3.63) is 40.9 Å². The highest BCUT2D eigenvalue weighted by molar-refractivity contribution is 7.15. The molecule has 0 unspecified atom stereocenters. The number of ether oxygens (including phenoxy) is 2. The van der Waals surface area contributed by atoms with Crippen LogP contribution in [0.4, 0.5) is 5.13 Å². The highest BCUT2D eigenvalue weighted by Crippen LogP contribution is 2.23. The van der Waals surface area contributed by atoms with Crippen LogP contribution < -0.4 is 10.1 Å². The van der Waals surface area contributed by atoms with Gasteiger partial charge in [0.2, 0.25) is 5.91 Å². The van der Waals surface area contributed by atoms with Gasteiger partial charge in [-0.25, -0.2) is 4.98 Å². The molecular weight excluding hydrogens is 300 g/mol. The van der Waals surface area contributed by atoms with Crippen molar-refractivity contribution in [1.82, 2.24) is 4.98 Å². The molecule has 0 atom stereocenters. The number of benzene rings is 1. The van der Waals surface area contributed by atoms with Gasteiger partial charge in [-0.05, 0) is 24.1 Å². The van der Waals surface area contributed by atoms with Gasteiger partial charge >= 0.3 is 0 Å². The van der Waals surface area contributed by atoms with Crippen molar-refractivity contribution in [2.75, 3.05) is 26.1 Å². The monoisotopic (exact) mass is 320 g/mol. The highest BCUT2D eigenvalue weighted by atomic mass is 32.1. The van der Waals surface area contributed by atoms with Crippen LogP contribution in [0.1, 0.15) is 23.3 Å². The van der Waals surface area contributed by atoms with Gasteiger partial charge in [-0.3, -0.25) is 4.79 Å². The van der Waals surface area contributed by atoms with E-state index in [2.05, 4.69) is 10.3 Å². The Morgan fingerprint density at radius 2 is 2.23 bits per heavy atom. The summed E-state index contributed by atoms with van der Waals surface area (Å²) in [5.74, 6) is 0.813. The van der Waals surface area contributed by atoms with Crippen LogP contribution in [0.25, 0.3) is 0 Å². The number of aromatic nitrogens is 1. The fourth-order valence-corrected chi connectivity index (χ4v) is 2.85. The SMILES string of the molecule is COCCCC(=O)Nc1ncc(Cc2cccc(OC)c2)s1. The van der Waals surface area contributed by atoms with Crippen LogP contribution >= 0.6 is 11.3 Å². The number of hydrogen-bond acceptors (Lipinski definition) is 5. The Kier molecular flexibility index (Phi) is 6.36. The zero-order valence-electron chi connectivity index (χ0n) is 12.8. The fraction of sp³-hybridized carbons (Fsp3) is 0.375. The van der Waals surface area contributed by atoms with Gasteiger partial charge in [-0.15, -0.1) is 11.3 Å². The maximum absolute atomic E-state index is 11.7. The molecule has 0 aliphatic carbocycles. The van der Waals surface area contributed by atoms with Gasteiger partial charge in [0.25, 0.3) is 0 Å². The van der Waals surface area contributed by atoms with Crippen LogP contribution in [0.2, 0.25) is 0 Å². The number of nitrogens with one attached hydrogen (secondary N) is 1. The molecule has 0 saturated heterocycles. The summed E-state index contributed by atoms with van der Waals surface area (Å²) < 4.78 is 10.1. The molecule has 2 rings (SSSR count). The van der Waals surface area contributed by atoms with E-state index in [9.17, 15) is 4.79 Å². The number of nitrogens with zero attached hydrogens (tertiary/aromatic N) is 1. The number of carbonyl (C=O) groups excluding carboxylic acids is 1. The van der Waals surface area contributed by atoms with E-state index in [1.807, 2.05) is 24.3 Å². The van der Waals surface area contributed by atoms with E-state index < -0.39 is 0 Å². The van der Waals surface area contributed by atoms with E-state index in [1.54, 1.807) is 20.4 Å². The molecule has 2 aromatic rings. The Morgan fingerprint density at radius 3 is 3.00 bits per heavy atom. The molecule has 0 saturated carbocycles. The number of amides is 1. The molecule has 0 aliphatic rings. The van der Waals surface area contributed by atoms with Gasteiger partial charge in [0.15, 0.2) is 5.13 Å². The van der Waals surface area contributed by atoms with Gasteiger partial charge in [0.05, 0.1) is 7.11 Å². The lowest BCUT2D eigenvalue weighted by Gasteiger charge is -2.02. The molecule has 1 aromatic heterocycles. The highest BCUT2D eigenvalue weighted by Gasteiger charge is 2.07. The summed E-state index contributed by atoms with van der Waals surface area (Å²) >= 11 is 1.49. The van der Waals surface area contributed by atoms with E-state index in [-0.39, 0.29) is 5.91 Å². The van der Waals surface area contributed by atoms with Crippen molar-refractivity contribution < 1.29 is 14.3 Å². The summed E-state index contributed by atoms with van der Waals surface area (Å²) in [5, 5.41) is 3.46. The average molecular weight is 320 g/mol. The molecular formula is C16H20N2O3S. The standard InChI is InChI=1S/C16H20N2O3S/c1-20-8-4-7-15(19)18-16-17-11-14(22-16)10-12-5-3-6-13(9-12)21-2/h3,5-6,9,11H,4,7-8,10H2,1-2H3,(H,17,18,19). The zero-order valence-corrected chi connectivity index (χ0v) is 13.6. The topological polar surface area (TPSA) is 60.5 Å². The third kappa shape index (κ3) is 5.13. The normalized spacial score (nSPS) is 10.5. The lowest BCUT2D eigenvalue weighted by Crippen LogP contribution is -2.11. The second-order valence-electron chi connectivity index (χ2n) is 4.80. The first kappa shape index (κ1) is 16.5. The third-order valence-electron chi connectivity index (χ3n) is 3.06. The van der Waals surface area contributed by atoms with Crippen LogP contribution in [-0.4, -0.2) is 31.7 Å². The van der Waals surface area contributed by atoms with Crippen LogP contribution in [0.15, 0.2) is 30.5 Å². The van der Waals surface area contributed by atoms with Gasteiger partial charge < -0.3 is 14.8 Å². The molecule has 118 valence electrons. The smallest absolute Gasteiger partial charge is 0.226 e. The van der Waals surface area contributed by atoms with Crippen molar-refractivity contribution in [3.8, 4) is 5.75 Å². The average Bonchev–Trinajstić information content (AvgIpc) is 2.94. The van der Waals surface area contributed by atoms with Crippen LogP contribution in [0.3, 0.4) is 0 Å². The summed E-state index contributed by atoms with van der Waals surface area (Å²) in [5.41, 5.74) is 1.15. The predicted molar refractivity (Wildman–Crippen MR) is 87.7 cm³/mol. The largest absolute Gasteiger partial charge is 0.497 e. The minimum absolute atomic E-state index is 0.0284. The Balaban J connectivity index is 1.89. The second kappa shape index (κ2) is 8.51. The van der Waals surface area contributed by atoms with E-state index in [0.717, 1.165) is 22.6 Å².